The Morgan fingerprint density at radius 2 is 2.12 bits per heavy atom. The first-order valence-corrected chi connectivity index (χ1v) is 5.83. The Morgan fingerprint density at radius 3 is 2.94 bits per heavy atom. The monoisotopic (exact) mass is 233 g/mol. The summed E-state index contributed by atoms with van der Waals surface area (Å²) < 4.78 is 5.72. The van der Waals surface area contributed by atoms with Crippen molar-refractivity contribution >= 4 is 11.2 Å². The van der Waals surface area contributed by atoms with Crippen LogP contribution in [0.25, 0.3) is 11.2 Å². The number of hydrogen-bond acceptors (Lipinski definition) is 5. The zero-order valence-electron chi connectivity index (χ0n) is 9.52. The molecule has 2 heterocycles. The number of aromatic amines is 1. The largest absolute Gasteiger partial charge is 0.474 e. The summed E-state index contributed by atoms with van der Waals surface area (Å²) in [5, 5.41) is 0. The van der Waals surface area contributed by atoms with Crippen molar-refractivity contribution < 1.29 is 4.74 Å². The van der Waals surface area contributed by atoms with E-state index in [1.54, 1.807) is 6.33 Å². The van der Waals surface area contributed by atoms with Crippen molar-refractivity contribution in [3.63, 3.8) is 0 Å². The predicted molar refractivity (Wildman–Crippen MR) is 62.6 cm³/mol. The molecule has 0 unspecified atom stereocenters. The highest BCUT2D eigenvalue weighted by atomic mass is 16.5. The van der Waals surface area contributed by atoms with Gasteiger partial charge in [-0.15, -0.1) is 0 Å². The highest BCUT2D eigenvalue weighted by Crippen LogP contribution is 2.28. The third kappa shape index (κ3) is 1.95. The van der Waals surface area contributed by atoms with Crippen LogP contribution in [0.4, 0.5) is 0 Å². The van der Waals surface area contributed by atoms with E-state index in [1.807, 2.05) is 0 Å². The number of nitrogens with zero attached hydrogens (tertiary/aromatic N) is 3. The second-order valence-electron chi connectivity index (χ2n) is 4.64. The Balaban J connectivity index is 1.78. The van der Waals surface area contributed by atoms with Crippen LogP contribution < -0.4 is 10.5 Å². The van der Waals surface area contributed by atoms with E-state index in [-0.39, 0.29) is 5.54 Å². The molecule has 0 amide bonds. The Bertz CT molecular complexity index is 517. The molecule has 0 spiro atoms. The SMILES string of the molecule is NC1(COc2ncnc3nc[nH]c23)CCCC1. The van der Waals surface area contributed by atoms with Crippen LogP contribution in [0.1, 0.15) is 25.7 Å². The van der Waals surface area contributed by atoms with E-state index in [0.717, 1.165) is 18.4 Å². The van der Waals surface area contributed by atoms with Crippen molar-refractivity contribution in [2.24, 2.45) is 5.73 Å². The van der Waals surface area contributed by atoms with Crippen molar-refractivity contribution in [3.8, 4) is 5.88 Å². The number of nitrogens with two attached hydrogens (primary N) is 1. The summed E-state index contributed by atoms with van der Waals surface area (Å²) in [7, 11) is 0. The van der Waals surface area contributed by atoms with E-state index in [2.05, 4.69) is 19.9 Å². The molecule has 2 aromatic heterocycles. The van der Waals surface area contributed by atoms with Gasteiger partial charge in [0.1, 0.15) is 18.5 Å². The van der Waals surface area contributed by atoms with E-state index < -0.39 is 0 Å². The summed E-state index contributed by atoms with van der Waals surface area (Å²) >= 11 is 0. The summed E-state index contributed by atoms with van der Waals surface area (Å²) in [6.45, 7) is 0.498. The zero-order valence-corrected chi connectivity index (χ0v) is 9.52. The molecule has 0 aromatic carbocycles. The second-order valence-corrected chi connectivity index (χ2v) is 4.64. The van der Waals surface area contributed by atoms with E-state index in [9.17, 15) is 0 Å². The number of imidazole rings is 1. The fraction of sp³-hybridized carbons (Fsp3) is 0.545. The molecule has 6 heteroatoms. The van der Waals surface area contributed by atoms with Crippen LogP contribution >= 0.6 is 0 Å². The van der Waals surface area contributed by atoms with Gasteiger partial charge in [-0.3, -0.25) is 0 Å². The standard InChI is InChI=1S/C11H15N5O/c12-11(3-1-2-4-11)5-17-10-8-9(14-6-13-8)15-7-16-10/h6-7H,1-5,12H2,(H,13,14,15,16). The topological polar surface area (TPSA) is 89.7 Å². The van der Waals surface area contributed by atoms with Gasteiger partial charge in [0.25, 0.3) is 0 Å². The van der Waals surface area contributed by atoms with Crippen LogP contribution in [0.15, 0.2) is 12.7 Å². The third-order valence-electron chi connectivity index (χ3n) is 3.28. The number of fused-ring (bicyclic) bond motifs is 1. The molecule has 0 atom stereocenters. The van der Waals surface area contributed by atoms with Gasteiger partial charge in [-0.1, -0.05) is 12.8 Å². The van der Waals surface area contributed by atoms with E-state index >= 15 is 0 Å². The van der Waals surface area contributed by atoms with Crippen LogP contribution in [0.3, 0.4) is 0 Å². The summed E-state index contributed by atoms with van der Waals surface area (Å²) in [5.41, 5.74) is 7.38. The van der Waals surface area contributed by atoms with Gasteiger partial charge >= 0.3 is 0 Å². The molecule has 1 saturated carbocycles. The zero-order chi connectivity index (χ0) is 11.7. The van der Waals surface area contributed by atoms with Gasteiger partial charge in [0.15, 0.2) is 5.65 Å². The van der Waals surface area contributed by atoms with Gasteiger partial charge in [0.2, 0.25) is 5.88 Å². The molecule has 3 rings (SSSR count). The number of ether oxygens (including phenoxy) is 1. The van der Waals surface area contributed by atoms with Gasteiger partial charge in [-0.25, -0.2) is 9.97 Å². The van der Waals surface area contributed by atoms with Crippen molar-refractivity contribution in [3.05, 3.63) is 12.7 Å². The number of nitrogens with one attached hydrogen (secondary N) is 1. The molecule has 1 aliphatic carbocycles. The second kappa shape index (κ2) is 3.96. The molecular formula is C11H15N5O. The smallest absolute Gasteiger partial charge is 0.243 e. The lowest BCUT2D eigenvalue weighted by Crippen LogP contribution is -2.42. The molecule has 6 nitrogen and oxygen atoms in total. The predicted octanol–water partition coefficient (Wildman–Crippen LogP) is 1.00. The first kappa shape index (κ1) is 10.5. The summed E-state index contributed by atoms with van der Waals surface area (Å²) in [4.78, 5) is 15.2. The van der Waals surface area contributed by atoms with Gasteiger partial charge in [0.05, 0.1) is 11.9 Å². The molecule has 1 aliphatic rings. The minimum atomic E-state index is -0.197. The van der Waals surface area contributed by atoms with Gasteiger partial charge in [-0.2, -0.15) is 4.98 Å². The van der Waals surface area contributed by atoms with E-state index in [0.29, 0.717) is 18.1 Å². The van der Waals surface area contributed by atoms with E-state index in [4.69, 9.17) is 10.5 Å². The maximum atomic E-state index is 6.23. The summed E-state index contributed by atoms with van der Waals surface area (Å²) in [6, 6.07) is 0. The fourth-order valence-electron chi connectivity index (χ4n) is 2.29. The first-order valence-electron chi connectivity index (χ1n) is 5.83. The molecule has 3 N–H and O–H groups in total. The average Bonchev–Trinajstić information content (AvgIpc) is 2.95. The molecule has 0 bridgehead atoms. The lowest BCUT2D eigenvalue weighted by molar-refractivity contribution is 0.215. The molecule has 2 aromatic rings. The highest BCUT2D eigenvalue weighted by molar-refractivity contribution is 5.74. The summed E-state index contributed by atoms with van der Waals surface area (Å²) in [6.07, 6.45) is 7.44. The third-order valence-corrected chi connectivity index (χ3v) is 3.28. The normalized spacial score (nSPS) is 18.6. The molecular weight excluding hydrogens is 218 g/mol. The number of hydrogen-bond donors (Lipinski definition) is 2. The number of rotatable bonds is 3. The first-order chi connectivity index (χ1) is 8.27. The maximum absolute atomic E-state index is 6.23. The molecule has 17 heavy (non-hydrogen) atoms. The summed E-state index contributed by atoms with van der Waals surface area (Å²) in [5.74, 6) is 0.532. The average molecular weight is 233 g/mol. The lowest BCUT2D eigenvalue weighted by atomic mass is 10.0. The van der Waals surface area contributed by atoms with Crippen molar-refractivity contribution in [2.45, 2.75) is 31.2 Å². The van der Waals surface area contributed by atoms with Crippen LogP contribution in [-0.2, 0) is 0 Å². The van der Waals surface area contributed by atoms with E-state index in [1.165, 1.54) is 19.2 Å². The van der Waals surface area contributed by atoms with Crippen molar-refractivity contribution in [2.75, 3.05) is 6.61 Å². The quantitative estimate of drug-likeness (QED) is 0.825. The molecule has 1 fully saturated rings. The maximum Gasteiger partial charge on any atom is 0.243 e. The molecule has 0 saturated heterocycles. The number of aromatic nitrogens is 4. The molecule has 0 radical (unpaired) electrons. The van der Waals surface area contributed by atoms with Crippen LogP contribution in [-0.4, -0.2) is 32.1 Å². The lowest BCUT2D eigenvalue weighted by Gasteiger charge is -2.23. The van der Waals surface area contributed by atoms with Crippen molar-refractivity contribution in [1.29, 1.82) is 0 Å². The highest BCUT2D eigenvalue weighted by Gasteiger charge is 2.30. The Morgan fingerprint density at radius 1 is 1.29 bits per heavy atom. The minimum absolute atomic E-state index is 0.197. The van der Waals surface area contributed by atoms with Crippen LogP contribution in [0.2, 0.25) is 0 Å². The minimum Gasteiger partial charge on any atom is -0.474 e. The van der Waals surface area contributed by atoms with Gasteiger partial charge in [0, 0.05) is 0 Å². The van der Waals surface area contributed by atoms with Crippen molar-refractivity contribution in [1.82, 2.24) is 19.9 Å². The van der Waals surface area contributed by atoms with Gasteiger partial charge in [-0.05, 0) is 12.8 Å². The fourth-order valence-corrected chi connectivity index (χ4v) is 2.29. The molecule has 0 aliphatic heterocycles. The Hall–Kier alpha value is -1.69. The van der Waals surface area contributed by atoms with Gasteiger partial charge < -0.3 is 15.5 Å². The molecule has 90 valence electrons. The Kier molecular flexibility index (Phi) is 2.44. The number of H-pyrrole nitrogens is 1. The Labute approximate surface area is 98.6 Å². The van der Waals surface area contributed by atoms with Crippen LogP contribution in [0.5, 0.6) is 5.88 Å². The van der Waals surface area contributed by atoms with Crippen LogP contribution in [0, 0.1) is 0 Å².